The van der Waals surface area contributed by atoms with E-state index in [2.05, 4.69) is 21.8 Å². The Morgan fingerprint density at radius 2 is 2.00 bits per heavy atom. The summed E-state index contributed by atoms with van der Waals surface area (Å²) in [7, 11) is 1.99. The predicted octanol–water partition coefficient (Wildman–Crippen LogP) is 5.29. The van der Waals surface area contributed by atoms with Crippen molar-refractivity contribution in [1.29, 1.82) is 0 Å². The summed E-state index contributed by atoms with van der Waals surface area (Å²) in [5.41, 5.74) is 1.99. The van der Waals surface area contributed by atoms with Gasteiger partial charge in [-0.2, -0.15) is 4.98 Å². The summed E-state index contributed by atoms with van der Waals surface area (Å²) in [5.74, 6) is 0.440. The summed E-state index contributed by atoms with van der Waals surface area (Å²) in [6.45, 7) is 5.27. The number of unbranched alkanes of at least 4 members (excludes halogenated alkanes) is 1. The topological polar surface area (TPSA) is 55.3 Å². The Kier molecular flexibility index (Phi) is 6.86. The summed E-state index contributed by atoms with van der Waals surface area (Å²) in [4.78, 5) is 24.8. The minimum Gasteiger partial charge on any atom is -0.461 e. The fourth-order valence-corrected chi connectivity index (χ4v) is 4.32. The number of aromatic nitrogens is 2. The molecule has 2 heterocycles. The van der Waals surface area contributed by atoms with Gasteiger partial charge in [-0.3, -0.25) is 0 Å². The Hall–Kier alpha value is -2.18. The van der Waals surface area contributed by atoms with Crippen LogP contribution in [-0.2, 0) is 11.2 Å². The molecule has 0 atom stereocenters. The molecule has 0 bridgehead atoms. The average molecular weight is 418 g/mol. The van der Waals surface area contributed by atoms with Crippen molar-refractivity contribution in [3.8, 4) is 0 Å². The number of esters is 1. The molecule has 28 heavy (non-hydrogen) atoms. The molecule has 0 unspecified atom stereocenters. The van der Waals surface area contributed by atoms with Gasteiger partial charge < -0.3 is 9.64 Å². The number of aryl methyl sites for hydroxylation is 1. The van der Waals surface area contributed by atoms with Crippen molar-refractivity contribution in [3.05, 3.63) is 51.6 Å². The zero-order valence-corrected chi connectivity index (χ0v) is 17.9. The van der Waals surface area contributed by atoms with E-state index in [1.807, 2.05) is 44.3 Å². The number of hydrogen-bond acceptors (Lipinski definition) is 6. The van der Waals surface area contributed by atoms with Crippen LogP contribution in [0.5, 0.6) is 0 Å². The lowest BCUT2D eigenvalue weighted by molar-refractivity contribution is 0.0514. The van der Waals surface area contributed by atoms with Gasteiger partial charge in [0.1, 0.15) is 15.5 Å². The second-order valence-corrected chi connectivity index (χ2v) is 8.04. The number of ether oxygens (including phenoxy) is 1. The van der Waals surface area contributed by atoms with E-state index >= 15 is 0 Å². The number of rotatable bonds is 8. The third-order valence-corrected chi connectivity index (χ3v) is 5.94. The number of benzene rings is 1. The fourth-order valence-electron chi connectivity index (χ4n) is 3.04. The van der Waals surface area contributed by atoms with Crippen molar-refractivity contribution in [1.82, 2.24) is 9.97 Å². The molecule has 148 valence electrons. The normalized spacial score (nSPS) is 11.0. The van der Waals surface area contributed by atoms with E-state index in [0.29, 0.717) is 22.7 Å². The molecule has 0 aliphatic carbocycles. The number of hydrogen-bond donors (Lipinski definition) is 0. The van der Waals surface area contributed by atoms with Gasteiger partial charge in [0.2, 0.25) is 5.28 Å². The zero-order valence-electron chi connectivity index (χ0n) is 16.4. The molecule has 0 amide bonds. The van der Waals surface area contributed by atoms with Crippen LogP contribution in [0.2, 0.25) is 5.28 Å². The van der Waals surface area contributed by atoms with Crippen LogP contribution in [0.1, 0.15) is 40.6 Å². The second kappa shape index (κ2) is 9.34. The van der Waals surface area contributed by atoms with E-state index in [1.54, 1.807) is 0 Å². The minimum atomic E-state index is -0.324. The summed E-state index contributed by atoms with van der Waals surface area (Å²) < 4.78 is 5.51. The molecular formula is C21H24ClN3O2S. The maximum Gasteiger partial charge on any atom is 0.348 e. The lowest BCUT2D eigenvalue weighted by atomic mass is 10.2. The van der Waals surface area contributed by atoms with E-state index in [0.717, 1.165) is 41.7 Å². The van der Waals surface area contributed by atoms with Gasteiger partial charge in [-0.15, -0.1) is 11.3 Å². The smallest absolute Gasteiger partial charge is 0.348 e. The largest absolute Gasteiger partial charge is 0.461 e. The van der Waals surface area contributed by atoms with Crippen LogP contribution in [0.15, 0.2) is 30.3 Å². The molecule has 0 aliphatic rings. The third kappa shape index (κ3) is 4.62. The Balaban J connectivity index is 1.81. The number of nitrogens with zero attached hydrogens (tertiary/aromatic N) is 3. The van der Waals surface area contributed by atoms with Gasteiger partial charge in [-0.25, -0.2) is 9.78 Å². The molecule has 1 aromatic carbocycles. The van der Waals surface area contributed by atoms with Gasteiger partial charge in [0.25, 0.3) is 0 Å². The van der Waals surface area contributed by atoms with Crippen LogP contribution in [-0.4, -0.2) is 36.1 Å². The standard InChI is InChI=1S/C21H24ClN3O2S/c1-4-5-12-25(3)18-16-14(2)17(28-19(16)24-21(22)23-18)20(26)27-13-11-15-9-7-6-8-10-15/h6-10H,4-5,11-13H2,1-3H3. The summed E-state index contributed by atoms with van der Waals surface area (Å²) in [5, 5.41) is 1.07. The Labute approximate surface area is 174 Å². The van der Waals surface area contributed by atoms with Gasteiger partial charge in [0, 0.05) is 20.0 Å². The van der Waals surface area contributed by atoms with Crippen molar-refractivity contribution in [3.63, 3.8) is 0 Å². The molecular weight excluding hydrogens is 394 g/mol. The maximum atomic E-state index is 12.7. The van der Waals surface area contributed by atoms with Gasteiger partial charge >= 0.3 is 5.97 Å². The zero-order chi connectivity index (χ0) is 20.1. The van der Waals surface area contributed by atoms with Gasteiger partial charge in [-0.05, 0) is 36.1 Å². The van der Waals surface area contributed by atoms with Crippen LogP contribution < -0.4 is 4.90 Å². The number of anilines is 1. The SMILES string of the molecule is CCCCN(C)c1nc(Cl)nc2sc(C(=O)OCCc3ccccc3)c(C)c12. The van der Waals surface area contributed by atoms with Crippen LogP contribution in [0.25, 0.3) is 10.2 Å². The number of thiophene rings is 1. The number of carbonyl (C=O) groups excluding carboxylic acids is 1. The van der Waals surface area contributed by atoms with Crippen LogP contribution in [0.3, 0.4) is 0 Å². The van der Waals surface area contributed by atoms with E-state index in [9.17, 15) is 4.79 Å². The van der Waals surface area contributed by atoms with Crippen molar-refractivity contribution in [2.24, 2.45) is 0 Å². The lowest BCUT2D eigenvalue weighted by Gasteiger charge is -2.19. The quantitative estimate of drug-likeness (QED) is 0.368. The molecule has 0 fully saturated rings. The van der Waals surface area contributed by atoms with Crippen LogP contribution >= 0.6 is 22.9 Å². The first-order valence-corrected chi connectivity index (χ1v) is 10.6. The van der Waals surface area contributed by atoms with Gasteiger partial charge in [0.05, 0.1) is 12.0 Å². The van der Waals surface area contributed by atoms with Crippen molar-refractivity contribution >= 4 is 44.9 Å². The summed E-state index contributed by atoms with van der Waals surface area (Å²) in [6.07, 6.45) is 2.83. The summed E-state index contributed by atoms with van der Waals surface area (Å²) in [6, 6.07) is 9.97. The highest BCUT2D eigenvalue weighted by Gasteiger charge is 2.22. The average Bonchev–Trinajstić information content (AvgIpc) is 3.02. The van der Waals surface area contributed by atoms with E-state index in [4.69, 9.17) is 16.3 Å². The van der Waals surface area contributed by atoms with Gasteiger partial charge in [0.15, 0.2) is 0 Å². The monoisotopic (exact) mass is 417 g/mol. The maximum absolute atomic E-state index is 12.7. The summed E-state index contributed by atoms with van der Waals surface area (Å²) >= 11 is 7.45. The van der Waals surface area contributed by atoms with Crippen molar-refractivity contribution < 1.29 is 9.53 Å². The molecule has 5 nitrogen and oxygen atoms in total. The molecule has 0 saturated carbocycles. The fraction of sp³-hybridized carbons (Fsp3) is 0.381. The third-order valence-electron chi connectivity index (χ3n) is 4.60. The molecule has 0 aliphatic heterocycles. The Bertz CT molecular complexity index is 959. The highest BCUT2D eigenvalue weighted by molar-refractivity contribution is 7.20. The highest BCUT2D eigenvalue weighted by Crippen LogP contribution is 2.36. The first-order chi connectivity index (χ1) is 13.5. The highest BCUT2D eigenvalue weighted by atomic mass is 35.5. The molecule has 2 aromatic heterocycles. The molecule has 0 spiro atoms. The van der Waals surface area contributed by atoms with Crippen LogP contribution in [0, 0.1) is 6.92 Å². The van der Waals surface area contributed by atoms with E-state index < -0.39 is 0 Å². The number of carbonyl (C=O) groups is 1. The second-order valence-electron chi connectivity index (χ2n) is 6.70. The molecule has 3 aromatic rings. The van der Waals surface area contributed by atoms with Crippen molar-refractivity contribution in [2.45, 2.75) is 33.1 Å². The number of halogens is 1. The molecule has 3 rings (SSSR count). The molecule has 0 radical (unpaired) electrons. The first kappa shape index (κ1) is 20.6. The Morgan fingerprint density at radius 1 is 1.25 bits per heavy atom. The molecule has 0 N–H and O–H groups in total. The predicted molar refractivity (Wildman–Crippen MR) is 116 cm³/mol. The van der Waals surface area contributed by atoms with E-state index in [-0.39, 0.29) is 11.3 Å². The van der Waals surface area contributed by atoms with Crippen LogP contribution in [0.4, 0.5) is 5.82 Å². The molecule has 7 heteroatoms. The molecule has 0 saturated heterocycles. The lowest BCUT2D eigenvalue weighted by Crippen LogP contribution is -2.20. The van der Waals surface area contributed by atoms with E-state index in [1.165, 1.54) is 11.3 Å². The number of fused-ring (bicyclic) bond motifs is 1. The van der Waals surface area contributed by atoms with Gasteiger partial charge in [-0.1, -0.05) is 43.7 Å². The first-order valence-electron chi connectivity index (χ1n) is 9.40. The van der Waals surface area contributed by atoms with Crippen molar-refractivity contribution in [2.75, 3.05) is 25.1 Å². The Morgan fingerprint density at radius 3 is 2.71 bits per heavy atom. The minimum absolute atomic E-state index is 0.191.